The van der Waals surface area contributed by atoms with Crippen molar-refractivity contribution < 1.29 is 9.53 Å². The van der Waals surface area contributed by atoms with Crippen molar-refractivity contribution in [3.8, 4) is 0 Å². The van der Waals surface area contributed by atoms with Crippen molar-refractivity contribution in [2.75, 3.05) is 13.1 Å². The number of carbonyl (C=O) groups excluding carboxylic acids is 1. The fourth-order valence-electron chi connectivity index (χ4n) is 3.98. The maximum atomic E-state index is 11.9. The van der Waals surface area contributed by atoms with Gasteiger partial charge in [-0.1, -0.05) is 32.1 Å². The van der Waals surface area contributed by atoms with Gasteiger partial charge in [-0.2, -0.15) is 0 Å². The fraction of sp³-hybridized carbons (Fsp3) is 0.947. The monoisotopic (exact) mass is 324 g/mol. The van der Waals surface area contributed by atoms with Gasteiger partial charge in [0, 0.05) is 12.6 Å². The Balaban J connectivity index is 1.80. The van der Waals surface area contributed by atoms with E-state index in [2.05, 4.69) is 10.6 Å². The first-order chi connectivity index (χ1) is 10.9. The minimum atomic E-state index is -0.429. The van der Waals surface area contributed by atoms with Crippen molar-refractivity contribution in [1.82, 2.24) is 10.6 Å². The van der Waals surface area contributed by atoms with Gasteiger partial charge in [-0.15, -0.1) is 0 Å². The molecule has 1 unspecified atom stereocenters. The van der Waals surface area contributed by atoms with Gasteiger partial charge in [0.25, 0.3) is 0 Å². The van der Waals surface area contributed by atoms with Gasteiger partial charge in [0.2, 0.25) is 0 Å². The van der Waals surface area contributed by atoms with Crippen molar-refractivity contribution in [3.63, 3.8) is 0 Å². The van der Waals surface area contributed by atoms with Gasteiger partial charge in [0.05, 0.1) is 0 Å². The van der Waals surface area contributed by atoms with Gasteiger partial charge >= 0.3 is 6.09 Å². The van der Waals surface area contributed by atoms with E-state index in [4.69, 9.17) is 4.74 Å². The molecule has 0 radical (unpaired) electrons. The molecule has 2 N–H and O–H groups in total. The molecular weight excluding hydrogens is 288 g/mol. The lowest BCUT2D eigenvalue weighted by Gasteiger charge is -2.32. The summed E-state index contributed by atoms with van der Waals surface area (Å²) in [7, 11) is 0. The molecular formula is C19H36N2O2. The largest absolute Gasteiger partial charge is 0.444 e. The van der Waals surface area contributed by atoms with Crippen LogP contribution >= 0.6 is 0 Å². The van der Waals surface area contributed by atoms with Gasteiger partial charge in [0.1, 0.15) is 5.60 Å². The molecule has 1 atom stereocenters. The highest BCUT2D eigenvalue weighted by Crippen LogP contribution is 2.28. The molecule has 4 nitrogen and oxygen atoms in total. The summed E-state index contributed by atoms with van der Waals surface area (Å²) >= 11 is 0. The average molecular weight is 325 g/mol. The smallest absolute Gasteiger partial charge is 0.407 e. The second-order valence-electron chi connectivity index (χ2n) is 8.45. The van der Waals surface area contributed by atoms with Crippen LogP contribution in [-0.4, -0.2) is 30.8 Å². The van der Waals surface area contributed by atoms with Crippen LogP contribution in [0.4, 0.5) is 4.79 Å². The summed E-state index contributed by atoms with van der Waals surface area (Å²) in [6, 6.07) is 0.392. The maximum Gasteiger partial charge on any atom is 0.407 e. The van der Waals surface area contributed by atoms with E-state index in [-0.39, 0.29) is 6.09 Å². The van der Waals surface area contributed by atoms with Crippen LogP contribution in [0.5, 0.6) is 0 Å². The number of rotatable bonds is 6. The van der Waals surface area contributed by atoms with E-state index >= 15 is 0 Å². The number of ether oxygens (including phenoxy) is 1. The summed E-state index contributed by atoms with van der Waals surface area (Å²) in [6.45, 7) is 7.51. The summed E-state index contributed by atoms with van der Waals surface area (Å²) in [5.74, 6) is 1.53. The number of hydrogen-bond acceptors (Lipinski definition) is 3. The lowest BCUT2D eigenvalue weighted by atomic mass is 9.83. The van der Waals surface area contributed by atoms with Crippen LogP contribution in [0.15, 0.2) is 0 Å². The number of alkyl carbamates (subject to hydrolysis) is 1. The highest BCUT2D eigenvalue weighted by atomic mass is 16.6. The van der Waals surface area contributed by atoms with Crippen molar-refractivity contribution in [1.29, 1.82) is 0 Å². The zero-order valence-corrected chi connectivity index (χ0v) is 15.3. The molecule has 0 heterocycles. The van der Waals surface area contributed by atoms with Gasteiger partial charge in [-0.05, 0) is 64.8 Å². The molecule has 134 valence electrons. The van der Waals surface area contributed by atoms with Crippen molar-refractivity contribution in [2.24, 2.45) is 11.8 Å². The highest BCUT2D eigenvalue weighted by Gasteiger charge is 2.26. The van der Waals surface area contributed by atoms with Crippen LogP contribution in [0.25, 0.3) is 0 Å². The first-order valence-corrected chi connectivity index (χ1v) is 9.64. The Bertz CT molecular complexity index is 353. The fourth-order valence-corrected chi connectivity index (χ4v) is 3.98. The Morgan fingerprint density at radius 2 is 1.65 bits per heavy atom. The molecule has 2 fully saturated rings. The molecule has 2 saturated carbocycles. The Kier molecular flexibility index (Phi) is 7.19. The third kappa shape index (κ3) is 7.11. The molecule has 1 amide bonds. The number of hydrogen-bond donors (Lipinski definition) is 2. The summed E-state index contributed by atoms with van der Waals surface area (Å²) in [4.78, 5) is 11.9. The van der Waals surface area contributed by atoms with E-state index in [0.29, 0.717) is 18.5 Å². The zero-order chi connectivity index (χ0) is 16.7. The van der Waals surface area contributed by atoms with Crippen molar-refractivity contribution in [3.05, 3.63) is 0 Å². The van der Waals surface area contributed by atoms with Gasteiger partial charge in [-0.25, -0.2) is 4.79 Å². The zero-order valence-electron chi connectivity index (χ0n) is 15.3. The van der Waals surface area contributed by atoms with Crippen LogP contribution in [0, 0.1) is 11.8 Å². The number of nitrogens with one attached hydrogen (secondary N) is 2. The average Bonchev–Trinajstić information content (AvgIpc) is 3.00. The lowest BCUT2D eigenvalue weighted by molar-refractivity contribution is 0.0515. The van der Waals surface area contributed by atoms with E-state index in [1.807, 2.05) is 20.8 Å². The first kappa shape index (κ1) is 18.6. The second-order valence-corrected chi connectivity index (χ2v) is 8.45. The summed E-state index contributed by atoms with van der Waals surface area (Å²) < 4.78 is 5.38. The molecule has 2 rings (SSSR count). The Hall–Kier alpha value is -0.770. The van der Waals surface area contributed by atoms with Crippen LogP contribution in [0.1, 0.15) is 78.6 Å². The Labute approximate surface area is 142 Å². The maximum absolute atomic E-state index is 11.9. The molecule has 2 aliphatic carbocycles. The first-order valence-electron chi connectivity index (χ1n) is 9.64. The van der Waals surface area contributed by atoms with E-state index in [1.165, 1.54) is 57.8 Å². The lowest BCUT2D eigenvalue weighted by Crippen LogP contribution is -2.48. The second kappa shape index (κ2) is 8.91. The summed E-state index contributed by atoms with van der Waals surface area (Å²) in [5.41, 5.74) is -0.429. The third-order valence-corrected chi connectivity index (χ3v) is 5.23. The van der Waals surface area contributed by atoms with Crippen LogP contribution in [0.2, 0.25) is 0 Å². The molecule has 2 aliphatic rings. The highest BCUT2D eigenvalue weighted by molar-refractivity contribution is 5.67. The molecule has 0 aromatic carbocycles. The molecule has 0 spiro atoms. The normalized spacial score (nSPS) is 22.0. The third-order valence-electron chi connectivity index (χ3n) is 5.23. The SMILES string of the molecule is CC(C)(C)OC(=O)NCC(NCC1CCCC1)C1CCCCC1. The number of carbonyl (C=O) groups is 1. The number of amides is 1. The summed E-state index contributed by atoms with van der Waals surface area (Å²) in [5, 5.41) is 6.77. The van der Waals surface area contributed by atoms with Crippen LogP contribution < -0.4 is 10.6 Å². The predicted octanol–water partition coefficient (Wildman–Crippen LogP) is 4.24. The minimum Gasteiger partial charge on any atom is -0.444 e. The van der Waals surface area contributed by atoms with Gasteiger partial charge in [-0.3, -0.25) is 0 Å². The molecule has 0 aliphatic heterocycles. The minimum absolute atomic E-state index is 0.291. The molecule has 0 aromatic rings. The summed E-state index contributed by atoms with van der Waals surface area (Å²) in [6.07, 6.45) is 11.8. The Morgan fingerprint density at radius 3 is 2.26 bits per heavy atom. The van der Waals surface area contributed by atoms with Crippen LogP contribution in [0.3, 0.4) is 0 Å². The van der Waals surface area contributed by atoms with E-state index < -0.39 is 5.60 Å². The van der Waals surface area contributed by atoms with E-state index in [1.54, 1.807) is 0 Å². The molecule has 0 bridgehead atoms. The molecule has 4 heteroatoms. The topological polar surface area (TPSA) is 50.4 Å². The van der Waals surface area contributed by atoms with Crippen molar-refractivity contribution in [2.45, 2.75) is 90.2 Å². The Morgan fingerprint density at radius 1 is 1.04 bits per heavy atom. The van der Waals surface area contributed by atoms with Gasteiger partial charge < -0.3 is 15.4 Å². The standard InChI is InChI=1S/C19H36N2O2/c1-19(2,3)23-18(22)21-14-17(16-11-5-4-6-12-16)20-13-15-9-7-8-10-15/h15-17,20H,4-14H2,1-3H3,(H,21,22). The quantitative estimate of drug-likeness (QED) is 0.768. The molecule has 0 saturated heterocycles. The van der Waals surface area contributed by atoms with Gasteiger partial charge in [0.15, 0.2) is 0 Å². The molecule has 23 heavy (non-hydrogen) atoms. The predicted molar refractivity (Wildman–Crippen MR) is 94.6 cm³/mol. The molecule has 0 aromatic heterocycles. The van der Waals surface area contributed by atoms with E-state index in [9.17, 15) is 4.79 Å². The van der Waals surface area contributed by atoms with E-state index in [0.717, 1.165) is 12.5 Å². The van der Waals surface area contributed by atoms with Crippen molar-refractivity contribution >= 4 is 6.09 Å². The van der Waals surface area contributed by atoms with Crippen LogP contribution in [-0.2, 0) is 4.74 Å².